The standard InChI is InChI=1S/C20H23N3O5S/c1-15-9-10-16(13-19(15)23(25)26)20(24)21-17-7-6-8-18(14-17)29(27,28)22-11-4-2-3-5-12-22/h6-10,13-14H,2-5,11-12H2,1H3,(H,21,24). The molecule has 2 aromatic carbocycles. The van der Waals surface area contributed by atoms with Crippen LogP contribution >= 0.6 is 0 Å². The number of hydrogen-bond acceptors (Lipinski definition) is 5. The van der Waals surface area contributed by atoms with Gasteiger partial charge in [-0.3, -0.25) is 14.9 Å². The van der Waals surface area contributed by atoms with Crippen LogP contribution in [0.25, 0.3) is 0 Å². The molecular formula is C20H23N3O5S. The highest BCUT2D eigenvalue weighted by Gasteiger charge is 2.25. The van der Waals surface area contributed by atoms with Crippen LogP contribution in [0.5, 0.6) is 0 Å². The van der Waals surface area contributed by atoms with E-state index < -0.39 is 20.9 Å². The van der Waals surface area contributed by atoms with Gasteiger partial charge in [0.1, 0.15) is 0 Å². The van der Waals surface area contributed by atoms with Crippen molar-refractivity contribution >= 4 is 27.3 Å². The molecule has 1 aliphatic heterocycles. The molecular weight excluding hydrogens is 394 g/mol. The number of sulfonamides is 1. The van der Waals surface area contributed by atoms with Crippen LogP contribution in [0.4, 0.5) is 11.4 Å². The first kappa shape index (κ1) is 20.9. The number of rotatable bonds is 5. The largest absolute Gasteiger partial charge is 0.322 e. The van der Waals surface area contributed by atoms with Crippen LogP contribution in [0.1, 0.15) is 41.6 Å². The monoisotopic (exact) mass is 417 g/mol. The maximum atomic E-state index is 12.9. The minimum Gasteiger partial charge on any atom is -0.322 e. The van der Waals surface area contributed by atoms with Gasteiger partial charge in [0.05, 0.1) is 9.82 Å². The van der Waals surface area contributed by atoms with Gasteiger partial charge in [0, 0.05) is 36.0 Å². The Bertz CT molecular complexity index is 1030. The molecule has 0 spiro atoms. The fraction of sp³-hybridized carbons (Fsp3) is 0.350. The summed E-state index contributed by atoms with van der Waals surface area (Å²) in [6, 6.07) is 10.3. The Kier molecular flexibility index (Phi) is 6.29. The summed E-state index contributed by atoms with van der Waals surface area (Å²) >= 11 is 0. The minimum absolute atomic E-state index is 0.118. The van der Waals surface area contributed by atoms with Gasteiger partial charge in [0.15, 0.2) is 0 Å². The van der Waals surface area contributed by atoms with E-state index in [9.17, 15) is 23.3 Å². The minimum atomic E-state index is -3.64. The van der Waals surface area contributed by atoms with Crippen LogP contribution in [-0.2, 0) is 10.0 Å². The van der Waals surface area contributed by atoms with Gasteiger partial charge < -0.3 is 5.32 Å². The van der Waals surface area contributed by atoms with Gasteiger partial charge in [-0.1, -0.05) is 25.0 Å². The Morgan fingerprint density at radius 2 is 1.76 bits per heavy atom. The second kappa shape index (κ2) is 8.71. The molecule has 2 aromatic rings. The van der Waals surface area contributed by atoms with Gasteiger partial charge in [-0.15, -0.1) is 0 Å². The normalized spacial score (nSPS) is 15.5. The summed E-state index contributed by atoms with van der Waals surface area (Å²) in [7, 11) is -3.64. The first-order chi connectivity index (χ1) is 13.8. The lowest BCUT2D eigenvalue weighted by molar-refractivity contribution is -0.385. The van der Waals surface area contributed by atoms with E-state index >= 15 is 0 Å². The molecule has 0 aliphatic carbocycles. The smallest absolute Gasteiger partial charge is 0.273 e. The number of nitro groups is 1. The van der Waals surface area contributed by atoms with Crippen LogP contribution in [0.2, 0.25) is 0 Å². The van der Waals surface area contributed by atoms with Crippen molar-refractivity contribution < 1.29 is 18.1 Å². The molecule has 1 saturated heterocycles. The van der Waals surface area contributed by atoms with E-state index in [1.54, 1.807) is 19.1 Å². The number of amides is 1. The van der Waals surface area contributed by atoms with Crippen molar-refractivity contribution in [1.82, 2.24) is 4.31 Å². The first-order valence-corrected chi connectivity index (χ1v) is 10.9. The average molecular weight is 417 g/mol. The van der Waals surface area contributed by atoms with Crippen LogP contribution in [0.15, 0.2) is 47.4 Å². The summed E-state index contributed by atoms with van der Waals surface area (Å²) in [6.07, 6.45) is 3.71. The van der Waals surface area contributed by atoms with E-state index in [2.05, 4.69) is 5.32 Å². The number of nitro benzene ring substituents is 1. The van der Waals surface area contributed by atoms with E-state index in [0.29, 0.717) is 24.3 Å². The molecule has 1 heterocycles. The Hall–Kier alpha value is -2.78. The van der Waals surface area contributed by atoms with E-state index in [1.165, 1.54) is 34.6 Å². The van der Waals surface area contributed by atoms with Gasteiger partial charge in [-0.05, 0) is 44.0 Å². The predicted octanol–water partition coefficient (Wildman–Crippen LogP) is 3.72. The number of nitrogens with zero attached hydrogens (tertiary/aromatic N) is 2. The van der Waals surface area contributed by atoms with Crippen molar-refractivity contribution in [3.8, 4) is 0 Å². The zero-order chi connectivity index (χ0) is 21.0. The van der Waals surface area contributed by atoms with Crippen molar-refractivity contribution in [1.29, 1.82) is 0 Å². The SMILES string of the molecule is Cc1ccc(C(=O)Nc2cccc(S(=O)(=O)N3CCCCCC3)c2)cc1[N+](=O)[O-]. The molecule has 0 radical (unpaired) electrons. The van der Waals surface area contributed by atoms with Crippen molar-refractivity contribution in [3.05, 3.63) is 63.7 Å². The maximum absolute atomic E-state index is 12.9. The molecule has 0 aromatic heterocycles. The number of hydrogen-bond donors (Lipinski definition) is 1. The zero-order valence-corrected chi connectivity index (χ0v) is 16.9. The third kappa shape index (κ3) is 4.80. The molecule has 1 fully saturated rings. The van der Waals surface area contributed by atoms with Crippen LogP contribution in [0.3, 0.4) is 0 Å². The number of aryl methyl sites for hydroxylation is 1. The summed E-state index contributed by atoms with van der Waals surface area (Å²) in [6.45, 7) is 2.58. The van der Waals surface area contributed by atoms with Crippen LogP contribution in [0, 0.1) is 17.0 Å². The van der Waals surface area contributed by atoms with E-state index in [-0.39, 0.29) is 16.1 Å². The fourth-order valence-electron chi connectivity index (χ4n) is 3.32. The highest BCUT2D eigenvalue weighted by atomic mass is 32.2. The number of nitrogens with one attached hydrogen (secondary N) is 1. The molecule has 9 heteroatoms. The summed E-state index contributed by atoms with van der Waals surface area (Å²) < 4.78 is 27.4. The molecule has 0 unspecified atom stereocenters. The Morgan fingerprint density at radius 3 is 2.41 bits per heavy atom. The molecule has 1 aliphatic rings. The summed E-state index contributed by atoms with van der Waals surface area (Å²) in [4.78, 5) is 23.2. The second-order valence-corrected chi connectivity index (χ2v) is 9.00. The van der Waals surface area contributed by atoms with Crippen molar-refractivity contribution in [2.45, 2.75) is 37.5 Å². The van der Waals surface area contributed by atoms with Crippen molar-refractivity contribution in [2.24, 2.45) is 0 Å². The van der Waals surface area contributed by atoms with Gasteiger partial charge in [0.25, 0.3) is 11.6 Å². The molecule has 3 rings (SSSR count). The summed E-state index contributed by atoms with van der Waals surface area (Å²) in [5.74, 6) is -0.544. The summed E-state index contributed by atoms with van der Waals surface area (Å²) in [5.41, 5.74) is 0.754. The lowest BCUT2D eigenvalue weighted by Crippen LogP contribution is -2.32. The zero-order valence-electron chi connectivity index (χ0n) is 16.1. The van der Waals surface area contributed by atoms with E-state index in [1.807, 2.05) is 0 Å². The molecule has 1 amide bonds. The fourth-order valence-corrected chi connectivity index (χ4v) is 4.88. The number of benzene rings is 2. The Labute approximate surface area is 169 Å². The van der Waals surface area contributed by atoms with Gasteiger partial charge >= 0.3 is 0 Å². The third-order valence-corrected chi connectivity index (χ3v) is 6.86. The number of carbonyl (C=O) groups excluding carboxylic acids is 1. The molecule has 0 saturated carbocycles. The number of anilines is 1. The second-order valence-electron chi connectivity index (χ2n) is 7.06. The molecule has 0 bridgehead atoms. The maximum Gasteiger partial charge on any atom is 0.273 e. The van der Waals surface area contributed by atoms with Crippen LogP contribution < -0.4 is 5.32 Å². The van der Waals surface area contributed by atoms with Crippen LogP contribution in [-0.4, -0.2) is 36.6 Å². The van der Waals surface area contributed by atoms with Crippen molar-refractivity contribution in [2.75, 3.05) is 18.4 Å². The first-order valence-electron chi connectivity index (χ1n) is 9.45. The average Bonchev–Trinajstić information content (AvgIpc) is 2.98. The van der Waals surface area contributed by atoms with Gasteiger partial charge in [0.2, 0.25) is 10.0 Å². The molecule has 154 valence electrons. The van der Waals surface area contributed by atoms with Gasteiger partial charge in [-0.25, -0.2) is 8.42 Å². The van der Waals surface area contributed by atoms with E-state index in [0.717, 1.165) is 25.7 Å². The lowest BCUT2D eigenvalue weighted by atomic mass is 10.1. The topological polar surface area (TPSA) is 110 Å². The molecule has 1 N–H and O–H groups in total. The number of carbonyl (C=O) groups is 1. The highest BCUT2D eigenvalue weighted by Crippen LogP contribution is 2.24. The van der Waals surface area contributed by atoms with Crippen molar-refractivity contribution in [3.63, 3.8) is 0 Å². The molecule has 29 heavy (non-hydrogen) atoms. The third-order valence-electron chi connectivity index (χ3n) is 4.96. The highest BCUT2D eigenvalue weighted by molar-refractivity contribution is 7.89. The lowest BCUT2D eigenvalue weighted by Gasteiger charge is -2.20. The molecule has 0 atom stereocenters. The predicted molar refractivity (Wildman–Crippen MR) is 109 cm³/mol. The Balaban J connectivity index is 1.82. The molecule has 8 nitrogen and oxygen atoms in total. The van der Waals surface area contributed by atoms with E-state index in [4.69, 9.17) is 0 Å². The Morgan fingerprint density at radius 1 is 1.07 bits per heavy atom. The van der Waals surface area contributed by atoms with Gasteiger partial charge in [-0.2, -0.15) is 4.31 Å². The quantitative estimate of drug-likeness (QED) is 0.589. The summed E-state index contributed by atoms with van der Waals surface area (Å²) in [5, 5.41) is 13.7.